The SMILES string of the molecule is CC(C)C[C@H](NC(=O)[C@H](Cc1c[nH]c2ccccc12)NC(=O)[C@H](C)NC(=O)[C@H](Cc1c[nH]c2ccccc12)NC(=O)[C@H](CC(=O)O)NC(=O)[C@@H](N)CC(C)C)C(=O)O. The first-order valence-electron chi connectivity index (χ1n) is 19.2. The van der Waals surface area contributed by atoms with Gasteiger partial charge in [-0.05, 0) is 54.9 Å². The fourth-order valence-electron chi connectivity index (χ4n) is 6.65. The van der Waals surface area contributed by atoms with Crippen molar-refractivity contribution in [3.63, 3.8) is 0 Å². The number of aromatic nitrogens is 2. The number of carbonyl (C=O) groups is 7. The van der Waals surface area contributed by atoms with Crippen LogP contribution in [-0.2, 0) is 46.4 Å². The van der Waals surface area contributed by atoms with Crippen LogP contribution in [0.1, 0.15) is 65.0 Å². The number of hydrogen-bond acceptors (Lipinski definition) is 8. The number of H-pyrrole nitrogens is 2. The molecule has 6 atom stereocenters. The third-order valence-electron chi connectivity index (χ3n) is 9.61. The monoisotopic (exact) mass is 802 g/mol. The molecule has 58 heavy (non-hydrogen) atoms. The first-order valence-corrected chi connectivity index (χ1v) is 19.2. The van der Waals surface area contributed by atoms with Gasteiger partial charge in [0.1, 0.15) is 30.2 Å². The molecule has 0 aliphatic heterocycles. The number of amides is 5. The van der Waals surface area contributed by atoms with Gasteiger partial charge in [-0.15, -0.1) is 0 Å². The lowest BCUT2D eigenvalue weighted by Crippen LogP contribution is -2.59. The molecule has 11 N–H and O–H groups in total. The number of fused-ring (bicyclic) bond motifs is 2. The molecule has 312 valence electrons. The van der Waals surface area contributed by atoms with E-state index in [2.05, 4.69) is 36.6 Å². The summed E-state index contributed by atoms with van der Waals surface area (Å²) >= 11 is 0. The number of hydrogen-bond donors (Lipinski definition) is 10. The average molecular weight is 803 g/mol. The Balaban J connectivity index is 1.57. The van der Waals surface area contributed by atoms with Crippen LogP contribution in [0.2, 0.25) is 0 Å². The van der Waals surface area contributed by atoms with E-state index in [0.29, 0.717) is 11.1 Å². The van der Waals surface area contributed by atoms with Gasteiger partial charge in [0.05, 0.1) is 12.5 Å². The number of rotatable bonds is 21. The standard InChI is InChI=1S/C41H54N8O9/c1-21(2)14-28(42)37(53)47-33(18-35(50)51)40(56)48-31(16-24-19-43-29-12-8-6-10-26(24)29)38(54)45-23(5)36(52)46-32(39(55)49-34(41(57)58)15-22(3)4)17-25-20-44-30-13-9-7-11-27(25)30/h6-13,19-23,28,31-34,43-44H,14-18,42H2,1-5H3,(H,45,54)(H,46,52)(H,47,53)(H,48,56)(H,49,55)(H,50,51)(H,57,58)/t23-,28-,31-,32-,33-,34-/m0/s1. The second-order valence-electron chi connectivity index (χ2n) is 15.4. The molecule has 2 heterocycles. The highest BCUT2D eigenvalue weighted by Gasteiger charge is 2.33. The summed E-state index contributed by atoms with van der Waals surface area (Å²) in [5.41, 5.74) is 8.84. The maximum Gasteiger partial charge on any atom is 0.326 e. The van der Waals surface area contributed by atoms with Crippen molar-refractivity contribution in [1.82, 2.24) is 36.6 Å². The number of aliphatic carboxylic acids is 2. The van der Waals surface area contributed by atoms with Gasteiger partial charge >= 0.3 is 11.9 Å². The third-order valence-corrected chi connectivity index (χ3v) is 9.61. The Hall–Kier alpha value is -6.23. The number of aromatic amines is 2. The van der Waals surface area contributed by atoms with Crippen LogP contribution < -0.4 is 32.3 Å². The predicted octanol–water partition coefficient (Wildman–Crippen LogP) is 1.86. The third kappa shape index (κ3) is 12.4. The van der Waals surface area contributed by atoms with Crippen LogP contribution >= 0.6 is 0 Å². The Bertz CT molecular complexity index is 2110. The highest BCUT2D eigenvalue weighted by molar-refractivity contribution is 5.98. The van der Waals surface area contributed by atoms with Crippen molar-refractivity contribution in [2.75, 3.05) is 0 Å². The summed E-state index contributed by atoms with van der Waals surface area (Å²) < 4.78 is 0. The normalized spacial score (nSPS) is 14.6. The lowest BCUT2D eigenvalue weighted by molar-refractivity contribution is -0.143. The van der Waals surface area contributed by atoms with Crippen LogP contribution in [-0.4, -0.2) is 97.9 Å². The first-order chi connectivity index (χ1) is 27.4. The van der Waals surface area contributed by atoms with E-state index in [1.54, 1.807) is 18.5 Å². The van der Waals surface area contributed by atoms with Crippen molar-refractivity contribution in [1.29, 1.82) is 0 Å². The van der Waals surface area contributed by atoms with Crippen molar-refractivity contribution >= 4 is 63.3 Å². The molecule has 17 nitrogen and oxygen atoms in total. The Morgan fingerprint density at radius 3 is 1.48 bits per heavy atom. The summed E-state index contributed by atoms with van der Waals surface area (Å²) in [4.78, 5) is 98.0. The molecule has 0 saturated carbocycles. The summed E-state index contributed by atoms with van der Waals surface area (Å²) in [6, 6.07) is 6.84. The zero-order valence-corrected chi connectivity index (χ0v) is 33.3. The number of benzene rings is 2. The van der Waals surface area contributed by atoms with E-state index >= 15 is 0 Å². The Labute approximate surface area is 335 Å². The van der Waals surface area contributed by atoms with Gasteiger partial charge in [0.15, 0.2) is 0 Å². The molecular weight excluding hydrogens is 748 g/mol. The van der Waals surface area contributed by atoms with Crippen molar-refractivity contribution in [2.24, 2.45) is 17.6 Å². The van der Waals surface area contributed by atoms with Crippen LogP contribution in [0, 0.1) is 11.8 Å². The largest absolute Gasteiger partial charge is 0.481 e. The molecule has 2 aromatic heterocycles. The smallest absolute Gasteiger partial charge is 0.326 e. The van der Waals surface area contributed by atoms with Gasteiger partial charge in [0.2, 0.25) is 29.5 Å². The van der Waals surface area contributed by atoms with E-state index in [0.717, 1.165) is 21.8 Å². The highest BCUT2D eigenvalue weighted by atomic mass is 16.4. The summed E-state index contributed by atoms with van der Waals surface area (Å²) in [5, 5.41) is 33.7. The minimum absolute atomic E-state index is 0.0208. The molecule has 0 bridgehead atoms. The molecule has 0 aliphatic carbocycles. The highest BCUT2D eigenvalue weighted by Crippen LogP contribution is 2.21. The number of carboxylic acid groups (broad SMARTS) is 2. The van der Waals surface area contributed by atoms with Gasteiger partial charge in [-0.2, -0.15) is 0 Å². The van der Waals surface area contributed by atoms with Gasteiger partial charge in [-0.1, -0.05) is 64.1 Å². The molecule has 0 radical (unpaired) electrons. The van der Waals surface area contributed by atoms with E-state index in [9.17, 15) is 43.8 Å². The molecule has 17 heteroatoms. The molecule has 0 fully saturated rings. The summed E-state index contributed by atoms with van der Waals surface area (Å²) in [7, 11) is 0. The van der Waals surface area contributed by atoms with Crippen LogP contribution in [0.25, 0.3) is 21.8 Å². The minimum Gasteiger partial charge on any atom is -0.481 e. The van der Waals surface area contributed by atoms with Crippen LogP contribution in [0.3, 0.4) is 0 Å². The molecule has 0 aliphatic rings. The second kappa shape index (κ2) is 20.3. The van der Waals surface area contributed by atoms with E-state index in [1.807, 2.05) is 70.2 Å². The van der Waals surface area contributed by atoms with E-state index in [1.165, 1.54) is 6.92 Å². The molecule has 4 aromatic rings. The molecular formula is C41H54N8O9. The van der Waals surface area contributed by atoms with Gasteiger partial charge in [0, 0.05) is 47.0 Å². The van der Waals surface area contributed by atoms with Crippen molar-refractivity contribution in [3.8, 4) is 0 Å². The quantitative estimate of drug-likeness (QED) is 0.0584. The molecule has 4 rings (SSSR count). The topological polar surface area (TPSA) is 278 Å². The minimum atomic E-state index is -1.59. The Morgan fingerprint density at radius 1 is 0.569 bits per heavy atom. The molecule has 2 aromatic carbocycles. The van der Waals surface area contributed by atoms with Crippen molar-refractivity contribution in [3.05, 3.63) is 72.1 Å². The zero-order chi connectivity index (χ0) is 42.7. The lowest BCUT2D eigenvalue weighted by atomic mass is 10.0. The second-order valence-corrected chi connectivity index (χ2v) is 15.4. The van der Waals surface area contributed by atoms with E-state index in [4.69, 9.17) is 5.73 Å². The fourth-order valence-corrected chi connectivity index (χ4v) is 6.65. The maximum atomic E-state index is 14.0. The fraction of sp³-hybridized carbons (Fsp3) is 0.439. The summed E-state index contributed by atoms with van der Waals surface area (Å²) in [5.74, 6) is -6.67. The van der Waals surface area contributed by atoms with Crippen LogP contribution in [0.5, 0.6) is 0 Å². The van der Waals surface area contributed by atoms with Crippen molar-refractivity contribution < 1.29 is 43.8 Å². The van der Waals surface area contributed by atoms with E-state index < -0.39 is 84.1 Å². The lowest BCUT2D eigenvalue weighted by Gasteiger charge is -2.26. The summed E-state index contributed by atoms with van der Waals surface area (Å²) in [6.07, 6.45) is 2.86. The molecule has 0 saturated heterocycles. The van der Waals surface area contributed by atoms with Crippen LogP contribution in [0.15, 0.2) is 60.9 Å². The van der Waals surface area contributed by atoms with Crippen LogP contribution in [0.4, 0.5) is 0 Å². The first kappa shape index (κ1) is 44.5. The van der Waals surface area contributed by atoms with Crippen molar-refractivity contribution in [2.45, 2.75) is 103 Å². The number of carboxylic acids is 2. The Morgan fingerprint density at radius 2 is 1.00 bits per heavy atom. The Kier molecular flexibility index (Phi) is 15.5. The van der Waals surface area contributed by atoms with Gasteiger partial charge in [0.25, 0.3) is 0 Å². The van der Waals surface area contributed by atoms with E-state index in [-0.39, 0.29) is 37.5 Å². The maximum absolute atomic E-state index is 14.0. The van der Waals surface area contributed by atoms with Gasteiger partial charge in [-0.25, -0.2) is 4.79 Å². The number of para-hydroxylation sites is 2. The molecule has 0 spiro atoms. The number of nitrogens with one attached hydrogen (secondary N) is 7. The molecule has 5 amide bonds. The average Bonchev–Trinajstić information content (AvgIpc) is 3.76. The summed E-state index contributed by atoms with van der Waals surface area (Å²) in [6.45, 7) is 8.71. The van der Waals surface area contributed by atoms with Gasteiger partial charge < -0.3 is 52.5 Å². The molecule has 0 unspecified atom stereocenters. The number of carbonyl (C=O) groups excluding carboxylic acids is 5. The zero-order valence-electron chi connectivity index (χ0n) is 33.3. The number of nitrogens with two attached hydrogens (primary N) is 1. The van der Waals surface area contributed by atoms with Gasteiger partial charge in [-0.3, -0.25) is 28.8 Å². The predicted molar refractivity (Wildman–Crippen MR) is 216 cm³/mol.